The summed E-state index contributed by atoms with van der Waals surface area (Å²) in [6.45, 7) is 4.44. The summed E-state index contributed by atoms with van der Waals surface area (Å²) in [6.07, 6.45) is 0. The third-order valence-corrected chi connectivity index (χ3v) is 3.12. The van der Waals surface area contributed by atoms with E-state index in [1.165, 1.54) is 0 Å². The van der Waals surface area contributed by atoms with Crippen LogP contribution in [0, 0.1) is 6.92 Å². The Morgan fingerprint density at radius 2 is 1.94 bits per heavy atom. The second kappa shape index (κ2) is 6.52. The van der Waals surface area contributed by atoms with Crippen molar-refractivity contribution in [2.45, 2.75) is 25.9 Å². The first-order valence-electron chi connectivity index (χ1n) is 6.05. The van der Waals surface area contributed by atoms with Gasteiger partial charge in [0.2, 0.25) is 5.91 Å². The smallest absolute Gasteiger partial charge is 0.244 e. The van der Waals surface area contributed by atoms with Crippen LogP contribution in [0.25, 0.3) is 0 Å². The Morgan fingerprint density at radius 1 is 1.39 bits per heavy atom. The maximum absolute atomic E-state index is 12.2. The van der Waals surface area contributed by atoms with Crippen LogP contribution in [0.15, 0.2) is 24.3 Å². The SMILES string of the molecule is COCC(C)N(C)C(=O)C(N)c1ccc(C)cc1. The second-order valence-electron chi connectivity index (χ2n) is 4.64. The molecule has 0 heterocycles. The minimum Gasteiger partial charge on any atom is -0.383 e. The zero-order valence-corrected chi connectivity index (χ0v) is 11.5. The summed E-state index contributed by atoms with van der Waals surface area (Å²) in [5, 5.41) is 0. The monoisotopic (exact) mass is 250 g/mol. The average Bonchev–Trinajstić information content (AvgIpc) is 2.37. The first-order chi connectivity index (χ1) is 8.47. The number of aryl methyl sites for hydroxylation is 1. The number of carbonyl (C=O) groups is 1. The van der Waals surface area contributed by atoms with E-state index in [0.717, 1.165) is 11.1 Å². The Labute approximate surface area is 109 Å². The molecule has 0 bridgehead atoms. The van der Waals surface area contributed by atoms with Crippen molar-refractivity contribution in [1.29, 1.82) is 0 Å². The fourth-order valence-electron chi connectivity index (χ4n) is 1.71. The molecule has 100 valence electrons. The molecule has 1 aromatic carbocycles. The fraction of sp³-hybridized carbons (Fsp3) is 0.500. The van der Waals surface area contributed by atoms with Crippen LogP contribution in [0.1, 0.15) is 24.1 Å². The zero-order chi connectivity index (χ0) is 13.7. The van der Waals surface area contributed by atoms with Gasteiger partial charge in [-0.2, -0.15) is 0 Å². The number of rotatable bonds is 5. The van der Waals surface area contributed by atoms with Crippen molar-refractivity contribution >= 4 is 5.91 Å². The lowest BCUT2D eigenvalue weighted by Gasteiger charge is -2.27. The first-order valence-corrected chi connectivity index (χ1v) is 6.05. The number of hydrogen-bond donors (Lipinski definition) is 1. The normalized spacial score (nSPS) is 14.1. The molecule has 0 aromatic heterocycles. The lowest BCUT2D eigenvalue weighted by molar-refractivity contribution is -0.134. The number of likely N-dealkylation sites (N-methyl/N-ethyl adjacent to an activating group) is 1. The lowest BCUT2D eigenvalue weighted by Crippen LogP contribution is -2.42. The molecule has 0 saturated heterocycles. The van der Waals surface area contributed by atoms with Gasteiger partial charge in [0.15, 0.2) is 0 Å². The highest BCUT2D eigenvalue weighted by atomic mass is 16.5. The van der Waals surface area contributed by atoms with E-state index < -0.39 is 6.04 Å². The van der Waals surface area contributed by atoms with Crippen molar-refractivity contribution in [3.8, 4) is 0 Å². The molecule has 4 nitrogen and oxygen atoms in total. The van der Waals surface area contributed by atoms with Crippen molar-refractivity contribution in [3.63, 3.8) is 0 Å². The predicted octanol–water partition coefficient (Wildman–Crippen LogP) is 1.49. The Hall–Kier alpha value is -1.39. The Kier molecular flexibility index (Phi) is 5.31. The second-order valence-corrected chi connectivity index (χ2v) is 4.64. The summed E-state index contributed by atoms with van der Waals surface area (Å²) < 4.78 is 5.04. The number of benzene rings is 1. The standard InChI is InChI=1S/C14H22N2O2/c1-10-5-7-12(8-6-10)13(15)14(17)16(3)11(2)9-18-4/h5-8,11,13H,9,15H2,1-4H3. The molecule has 4 heteroatoms. The highest BCUT2D eigenvalue weighted by Crippen LogP contribution is 2.14. The molecular weight excluding hydrogens is 228 g/mol. The molecule has 0 spiro atoms. The summed E-state index contributed by atoms with van der Waals surface area (Å²) in [5.74, 6) is -0.0941. The summed E-state index contributed by atoms with van der Waals surface area (Å²) in [6, 6.07) is 7.11. The van der Waals surface area contributed by atoms with E-state index in [9.17, 15) is 4.79 Å². The summed E-state index contributed by atoms with van der Waals surface area (Å²) in [5.41, 5.74) is 7.98. The molecule has 1 aromatic rings. The van der Waals surface area contributed by atoms with Gasteiger partial charge < -0.3 is 15.4 Å². The van der Waals surface area contributed by atoms with Gasteiger partial charge in [-0.1, -0.05) is 29.8 Å². The van der Waals surface area contributed by atoms with E-state index in [1.807, 2.05) is 38.1 Å². The largest absolute Gasteiger partial charge is 0.383 e. The van der Waals surface area contributed by atoms with E-state index in [-0.39, 0.29) is 11.9 Å². The maximum atomic E-state index is 12.2. The van der Waals surface area contributed by atoms with Crippen molar-refractivity contribution < 1.29 is 9.53 Å². The number of ether oxygens (including phenoxy) is 1. The summed E-state index contributed by atoms with van der Waals surface area (Å²) >= 11 is 0. The van der Waals surface area contributed by atoms with E-state index in [1.54, 1.807) is 19.1 Å². The van der Waals surface area contributed by atoms with Crippen LogP contribution in [0.4, 0.5) is 0 Å². The van der Waals surface area contributed by atoms with Crippen LogP contribution < -0.4 is 5.73 Å². The fourth-order valence-corrected chi connectivity index (χ4v) is 1.71. The highest BCUT2D eigenvalue weighted by Gasteiger charge is 2.23. The van der Waals surface area contributed by atoms with E-state index >= 15 is 0 Å². The first kappa shape index (κ1) is 14.7. The molecule has 2 N–H and O–H groups in total. The molecule has 0 saturated carbocycles. The number of methoxy groups -OCH3 is 1. The van der Waals surface area contributed by atoms with Crippen LogP contribution >= 0.6 is 0 Å². The van der Waals surface area contributed by atoms with E-state index in [0.29, 0.717) is 6.61 Å². The molecule has 0 aliphatic rings. The van der Waals surface area contributed by atoms with Crippen molar-refractivity contribution in [2.75, 3.05) is 20.8 Å². The van der Waals surface area contributed by atoms with Crippen molar-refractivity contribution in [3.05, 3.63) is 35.4 Å². The molecule has 0 fully saturated rings. The minimum atomic E-state index is -0.616. The van der Waals surface area contributed by atoms with Gasteiger partial charge in [-0.15, -0.1) is 0 Å². The topological polar surface area (TPSA) is 55.6 Å². The molecule has 0 aliphatic heterocycles. The number of carbonyl (C=O) groups excluding carboxylic acids is 1. The van der Waals surface area contributed by atoms with Gasteiger partial charge in [-0.25, -0.2) is 0 Å². The van der Waals surface area contributed by atoms with Crippen LogP contribution in [0.2, 0.25) is 0 Å². The Morgan fingerprint density at radius 3 is 2.44 bits per heavy atom. The van der Waals surface area contributed by atoms with Gasteiger partial charge in [0.25, 0.3) is 0 Å². The third kappa shape index (κ3) is 3.55. The van der Waals surface area contributed by atoms with Gasteiger partial charge in [0.1, 0.15) is 6.04 Å². The quantitative estimate of drug-likeness (QED) is 0.861. The number of hydrogen-bond acceptors (Lipinski definition) is 3. The molecular formula is C14H22N2O2. The molecule has 1 rings (SSSR count). The van der Waals surface area contributed by atoms with Crippen molar-refractivity contribution in [2.24, 2.45) is 5.73 Å². The van der Waals surface area contributed by atoms with Crippen LogP contribution in [0.3, 0.4) is 0 Å². The molecule has 0 aliphatic carbocycles. The lowest BCUT2D eigenvalue weighted by atomic mass is 10.0. The Bertz CT molecular complexity index is 389. The molecule has 1 amide bonds. The molecule has 2 atom stereocenters. The third-order valence-electron chi connectivity index (χ3n) is 3.12. The van der Waals surface area contributed by atoms with Gasteiger partial charge >= 0.3 is 0 Å². The number of nitrogens with zero attached hydrogens (tertiary/aromatic N) is 1. The van der Waals surface area contributed by atoms with Crippen LogP contribution in [-0.4, -0.2) is 37.6 Å². The average molecular weight is 250 g/mol. The molecule has 0 radical (unpaired) electrons. The van der Waals surface area contributed by atoms with E-state index in [4.69, 9.17) is 10.5 Å². The molecule has 18 heavy (non-hydrogen) atoms. The zero-order valence-electron chi connectivity index (χ0n) is 11.5. The maximum Gasteiger partial charge on any atom is 0.244 e. The van der Waals surface area contributed by atoms with Gasteiger partial charge in [-0.05, 0) is 19.4 Å². The minimum absolute atomic E-state index is 0.0130. The van der Waals surface area contributed by atoms with Gasteiger partial charge in [0.05, 0.1) is 12.6 Å². The molecule has 2 unspecified atom stereocenters. The number of nitrogens with two attached hydrogens (primary N) is 1. The number of amides is 1. The van der Waals surface area contributed by atoms with Crippen molar-refractivity contribution in [1.82, 2.24) is 4.90 Å². The summed E-state index contributed by atoms with van der Waals surface area (Å²) in [7, 11) is 3.37. The highest BCUT2D eigenvalue weighted by molar-refractivity contribution is 5.83. The van der Waals surface area contributed by atoms with Gasteiger partial charge in [0, 0.05) is 14.2 Å². The van der Waals surface area contributed by atoms with Crippen LogP contribution in [-0.2, 0) is 9.53 Å². The van der Waals surface area contributed by atoms with Crippen LogP contribution in [0.5, 0.6) is 0 Å². The van der Waals surface area contributed by atoms with Gasteiger partial charge in [-0.3, -0.25) is 4.79 Å². The Balaban J connectivity index is 2.74. The predicted molar refractivity (Wildman–Crippen MR) is 72.2 cm³/mol. The van der Waals surface area contributed by atoms with E-state index in [2.05, 4.69) is 0 Å². The summed E-state index contributed by atoms with van der Waals surface area (Å²) in [4.78, 5) is 13.8.